The number of nitrogens with one attached hydrogen (secondary N) is 1. The van der Waals surface area contributed by atoms with E-state index in [0.717, 1.165) is 5.69 Å². The van der Waals surface area contributed by atoms with Gasteiger partial charge in [-0.2, -0.15) is 0 Å². The first-order valence-electron chi connectivity index (χ1n) is 9.84. The number of carbonyl (C=O) groups is 3. The summed E-state index contributed by atoms with van der Waals surface area (Å²) in [5, 5.41) is 12.1. The molecule has 3 rings (SSSR count). The van der Waals surface area contributed by atoms with Gasteiger partial charge in [-0.1, -0.05) is 26.0 Å². The lowest BCUT2D eigenvalue weighted by atomic mass is 9.85. The van der Waals surface area contributed by atoms with Gasteiger partial charge < -0.3 is 20.1 Å². The molecule has 2 saturated heterocycles. The molecule has 7 heteroatoms. The van der Waals surface area contributed by atoms with Crippen LogP contribution in [0.1, 0.15) is 51.0 Å². The smallest absolute Gasteiger partial charge is 0.305 e. The van der Waals surface area contributed by atoms with Crippen LogP contribution in [0.5, 0.6) is 0 Å². The Morgan fingerprint density at radius 2 is 1.89 bits per heavy atom. The van der Waals surface area contributed by atoms with Crippen molar-refractivity contribution in [3.63, 3.8) is 0 Å². The van der Waals surface area contributed by atoms with E-state index in [1.165, 1.54) is 5.56 Å². The summed E-state index contributed by atoms with van der Waals surface area (Å²) < 4.78 is 5.32. The van der Waals surface area contributed by atoms with Crippen LogP contribution < -0.4 is 10.2 Å². The maximum atomic E-state index is 12.9. The van der Waals surface area contributed by atoms with Crippen LogP contribution in [-0.4, -0.2) is 48.2 Å². The zero-order valence-electron chi connectivity index (χ0n) is 16.4. The molecule has 2 amide bonds. The van der Waals surface area contributed by atoms with E-state index in [1.54, 1.807) is 4.90 Å². The van der Waals surface area contributed by atoms with Crippen molar-refractivity contribution in [2.24, 2.45) is 5.92 Å². The highest BCUT2D eigenvalue weighted by molar-refractivity contribution is 6.09. The molecule has 1 unspecified atom stereocenters. The number of nitrogens with zero attached hydrogens (tertiary/aromatic N) is 1. The largest absolute Gasteiger partial charge is 0.481 e. The normalized spacial score (nSPS) is 21.8. The van der Waals surface area contributed by atoms with Crippen LogP contribution >= 0.6 is 0 Å². The molecule has 0 saturated carbocycles. The van der Waals surface area contributed by atoms with Gasteiger partial charge in [-0.05, 0) is 42.9 Å². The van der Waals surface area contributed by atoms with E-state index in [9.17, 15) is 19.5 Å². The van der Waals surface area contributed by atoms with Crippen molar-refractivity contribution in [3.05, 3.63) is 29.8 Å². The van der Waals surface area contributed by atoms with Crippen LogP contribution in [-0.2, 0) is 19.1 Å². The second kappa shape index (κ2) is 8.31. The van der Waals surface area contributed by atoms with Crippen molar-refractivity contribution >= 4 is 23.5 Å². The Morgan fingerprint density at radius 1 is 1.25 bits per heavy atom. The number of carbonyl (C=O) groups excluding carboxylic acids is 2. The monoisotopic (exact) mass is 388 g/mol. The van der Waals surface area contributed by atoms with E-state index < -0.39 is 17.4 Å². The lowest BCUT2D eigenvalue weighted by Gasteiger charge is -2.37. The number of anilines is 1. The first-order chi connectivity index (χ1) is 13.3. The van der Waals surface area contributed by atoms with Crippen molar-refractivity contribution in [3.8, 4) is 0 Å². The summed E-state index contributed by atoms with van der Waals surface area (Å²) >= 11 is 0. The number of carboxylic acids is 1. The molecular formula is C21H28N2O5. The van der Waals surface area contributed by atoms with Gasteiger partial charge in [0.1, 0.15) is 5.92 Å². The van der Waals surface area contributed by atoms with E-state index in [4.69, 9.17) is 4.74 Å². The fraction of sp³-hybridized carbons (Fsp3) is 0.571. The first kappa shape index (κ1) is 20.3. The quantitative estimate of drug-likeness (QED) is 0.729. The fourth-order valence-corrected chi connectivity index (χ4v) is 3.96. The Hall–Kier alpha value is -2.41. The van der Waals surface area contributed by atoms with Gasteiger partial charge in [-0.15, -0.1) is 0 Å². The first-order valence-corrected chi connectivity index (χ1v) is 9.84. The second-order valence-electron chi connectivity index (χ2n) is 8.03. The molecule has 2 heterocycles. The van der Waals surface area contributed by atoms with Gasteiger partial charge >= 0.3 is 5.97 Å². The van der Waals surface area contributed by atoms with Crippen molar-refractivity contribution in [2.45, 2.75) is 51.0 Å². The van der Waals surface area contributed by atoms with E-state index in [2.05, 4.69) is 19.2 Å². The number of carboxylic acid groups (broad SMARTS) is 1. The van der Waals surface area contributed by atoms with Crippen LogP contribution in [0.2, 0.25) is 0 Å². The van der Waals surface area contributed by atoms with Crippen LogP contribution in [0.3, 0.4) is 0 Å². The summed E-state index contributed by atoms with van der Waals surface area (Å²) in [4.78, 5) is 38.6. The molecule has 152 valence electrons. The average Bonchev–Trinajstić information content (AvgIpc) is 3.03. The molecule has 1 aromatic rings. The lowest BCUT2D eigenvalue weighted by molar-refractivity contribution is -0.141. The molecule has 7 nitrogen and oxygen atoms in total. The highest BCUT2D eigenvalue weighted by Crippen LogP contribution is 2.29. The minimum Gasteiger partial charge on any atom is -0.481 e. The number of rotatable bonds is 6. The van der Waals surface area contributed by atoms with Gasteiger partial charge in [-0.25, -0.2) is 0 Å². The number of amides is 2. The average molecular weight is 388 g/mol. The maximum Gasteiger partial charge on any atom is 0.305 e. The van der Waals surface area contributed by atoms with Gasteiger partial charge in [-0.3, -0.25) is 14.4 Å². The Kier molecular flexibility index (Phi) is 6.03. The molecular weight excluding hydrogens is 360 g/mol. The summed E-state index contributed by atoms with van der Waals surface area (Å²) in [5.74, 6) is -1.95. The predicted octanol–water partition coefficient (Wildman–Crippen LogP) is 2.30. The molecule has 2 N–H and O–H groups in total. The number of hydrogen-bond donors (Lipinski definition) is 2. The minimum absolute atomic E-state index is 0.163. The highest BCUT2D eigenvalue weighted by Gasteiger charge is 2.42. The number of benzene rings is 1. The van der Waals surface area contributed by atoms with Gasteiger partial charge in [0.2, 0.25) is 11.8 Å². The standard InChI is InChI=1S/C21H28N2O5/c1-14(2)15-3-5-16(6-4-15)23-10-7-17(20(23)27)19(26)22-21(13-18(24)25)8-11-28-12-9-21/h3-6,14,17H,7-13H2,1-2H3,(H,22,26)(H,24,25). The third-order valence-electron chi connectivity index (χ3n) is 5.72. The molecule has 0 aromatic heterocycles. The molecule has 0 radical (unpaired) electrons. The van der Waals surface area contributed by atoms with Crippen molar-refractivity contribution in [1.29, 1.82) is 0 Å². The maximum absolute atomic E-state index is 12.9. The van der Waals surface area contributed by atoms with E-state index >= 15 is 0 Å². The molecule has 2 fully saturated rings. The van der Waals surface area contributed by atoms with Crippen LogP contribution in [0.15, 0.2) is 24.3 Å². The molecule has 1 atom stereocenters. The van der Waals surface area contributed by atoms with Crippen molar-refractivity contribution in [1.82, 2.24) is 5.32 Å². The summed E-state index contributed by atoms with van der Waals surface area (Å²) in [6.45, 7) is 5.51. The molecule has 2 aliphatic rings. The molecule has 0 bridgehead atoms. The summed E-state index contributed by atoms with van der Waals surface area (Å²) in [5.41, 5.74) is 1.14. The predicted molar refractivity (Wildman–Crippen MR) is 104 cm³/mol. The van der Waals surface area contributed by atoms with Gasteiger partial charge in [0.15, 0.2) is 0 Å². The summed E-state index contributed by atoms with van der Waals surface area (Å²) in [6.07, 6.45) is 1.14. The van der Waals surface area contributed by atoms with Crippen LogP contribution in [0, 0.1) is 5.92 Å². The second-order valence-corrected chi connectivity index (χ2v) is 8.03. The third-order valence-corrected chi connectivity index (χ3v) is 5.72. The zero-order valence-corrected chi connectivity index (χ0v) is 16.4. The Morgan fingerprint density at radius 3 is 2.46 bits per heavy atom. The lowest BCUT2D eigenvalue weighted by Crippen LogP contribution is -2.55. The van der Waals surface area contributed by atoms with Gasteiger partial charge in [0.05, 0.1) is 12.0 Å². The number of hydrogen-bond acceptors (Lipinski definition) is 4. The Labute approximate surface area is 165 Å². The molecule has 1 aromatic carbocycles. The van der Waals surface area contributed by atoms with Crippen LogP contribution in [0.4, 0.5) is 5.69 Å². The Balaban J connectivity index is 1.69. The van der Waals surface area contributed by atoms with Crippen molar-refractivity contribution in [2.75, 3.05) is 24.7 Å². The zero-order chi connectivity index (χ0) is 20.3. The molecule has 0 spiro atoms. The fourth-order valence-electron chi connectivity index (χ4n) is 3.96. The third kappa shape index (κ3) is 4.35. The molecule has 2 aliphatic heterocycles. The molecule has 28 heavy (non-hydrogen) atoms. The summed E-state index contributed by atoms with van der Waals surface area (Å²) in [6, 6.07) is 7.84. The number of aliphatic carboxylic acids is 1. The summed E-state index contributed by atoms with van der Waals surface area (Å²) in [7, 11) is 0. The van der Waals surface area contributed by atoms with E-state index in [0.29, 0.717) is 44.9 Å². The van der Waals surface area contributed by atoms with Crippen molar-refractivity contribution < 1.29 is 24.2 Å². The number of ether oxygens (including phenoxy) is 1. The topological polar surface area (TPSA) is 95.9 Å². The molecule has 0 aliphatic carbocycles. The highest BCUT2D eigenvalue weighted by atomic mass is 16.5. The Bertz CT molecular complexity index is 738. The SMILES string of the molecule is CC(C)c1ccc(N2CCC(C(=O)NC3(CC(=O)O)CCOCC3)C2=O)cc1. The van der Waals surface area contributed by atoms with Gasteiger partial charge in [0.25, 0.3) is 0 Å². The van der Waals surface area contributed by atoms with E-state index in [-0.39, 0.29) is 18.2 Å². The van der Waals surface area contributed by atoms with Crippen LogP contribution in [0.25, 0.3) is 0 Å². The van der Waals surface area contributed by atoms with E-state index in [1.807, 2.05) is 24.3 Å². The van der Waals surface area contributed by atoms with Gasteiger partial charge in [0, 0.05) is 25.4 Å². The minimum atomic E-state index is -0.966.